The minimum atomic E-state index is 0.384. The Balaban J connectivity index is 2.02. The summed E-state index contributed by atoms with van der Waals surface area (Å²) < 4.78 is 12.5. The quantitative estimate of drug-likeness (QED) is 0.759. The Bertz CT molecular complexity index is 523. The third-order valence-electron chi connectivity index (χ3n) is 2.30. The van der Waals surface area contributed by atoms with Crippen molar-refractivity contribution in [1.29, 1.82) is 0 Å². The number of fused-ring (bicyclic) bond motifs is 1. The number of rotatable bonds is 1. The van der Waals surface area contributed by atoms with Crippen molar-refractivity contribution in [3.8, 4) is 17.2 Å². The molecule has 3 rings (SSSR count). The lowest BCUT2D eigenvalue weighted by molar-refractivity contribution is 0.171. The smallest absolute Gasteiger partial charge is 0.166 e. The van der Waals surface area contributed by atoms with Gasteiger partial charge in [-0.25, -0.2) is 4.68 Å². The number of benzene rings is 1. The highest BCUT2D eigenvalue weighted by atomic mass is 16.6. The number of hydrogen-bond donors (Lipinski definition) is 1. The van der Waals surface area contributed by atoms with Gasteiger partial charge in [-0.3, -0.25) is 0 Å². The summed E-state index contributed by atoms with van der Waals surface area (Å²) in [5, 5.41) is 7.60. The Hall–Kier alpha value is -2.24. The molecule has 1 aliphatic heterocycles. The van der Waals surface area contributed by atoms with Crippen LogP contribution in [0.4, 0.5) is 5.82 Å². The first-order valence-corrected chi connectivity index (χ1v) is 4.91. The number of aromatic nitrogens is 3. The largest absolute Gasteiger partial charge is 0.486 e. The standard InChI is InChI=1S/C10H10N4O2/c11-10-6-14(13-12-10)7-1-2-8-9(5-7)16-4-3-15-8/h1-2,5-6H,3-4,11H2. The molecule has 16 heavy (non-hydrogen) atoms. The van der Waals surface area contributed by atoms with E-state index in [4.69, 9.17) is 15.2 Å². The molecule has 0 unspecified atom stereocenters. The fourth-order valence-electron chi connectivity index (χ4n) is 1.58. The monoisotopic (exact) mass is 218 g/mol. The fraction of sp³-hybridized carbons (Fsp3) is 0.200. The van der Waals surface area contributed by atoms with Crippen molar-refractivity contribution in [2.24, 2.45) is 0 Å². The van der Waals surface area contributed by atoms with Crippen molar-refractivity contribution in [3.05, 3.63) is 24.4 Å². The van der Waals surface area contributed by atoms with E-state index in [0.29, 0.717) is 19.0 Å². The second-order valence-corrected chi connectivity index (χ2v) is 3.42. The molecule has 0 amide bonds. The van der Waals surface area contributed by atoms with Crippen molar-refractivity contribution in [1.82, 2.24) is 15.0 Å². The molecule has 2 heterocycles. The molecular weight excluding hydrogens is 208 g/mol. The Kier molecular flexibility index (Phi) is 1.92. The van der Waals surface area contributed by atoms with Crippen LogP contribution in [0.3, 0.4) is 0 Å². The van der Waals surface area contributed by atoms with Crippen molar-refractivity contribution in [2.45, 2.75) is 0 Å². The molecule has 2 aromatic rings. The minimum Gasteiger partial charge on any atom is -0.486 e. The maximum atomic E-state index is 5.50. The van der Waals surface area contributed by atoms with E-state index in [2.05, 4.69) is 10.3 Å². The van der Waals surface area contributed by atoms with Crippen LogP contribution in [0.1, 0.15) is 0 Å². The lowest BCUT2D eigenvalue weighted by Gasteiger charge is -2.18. The van der Waals surface area contributed by atoms with E-state index in [-0.39, 0.29) is 0 Å². The first-order valence-electron chi connectivity index (χ1n) is 4.91. The molecule has 0 fully saturated rings. The lowest BCUT2D eigenvalue weighted by Crippen LogP contribution is -2.15. The number of nitrogen functional groups attached to an aromatic ring is 1. The first kappa shape index (κ1) is 9.02. The Morgan fingerprint density at radius 3 is 2.75 bits per heavy atom. The maximum Gasteiger partial charge on any atom is 0.166 e. The Morgan fingerprint density at radius 1 is 1.19 bits per heavy atom. The summed E-state index contributed by atoms with van der Waals surface area (Å²) in [6.45, 7) is 1.15. The molecule has 0 bridgehead atoms. The molecule has 0 saturated carbocycles. The molecule has 1 aromatic carbocycles. The molecule has 0 spiro atoms. The Morgan fingerprint density at radius 2 is 2.00 bits per heavy atom. The predicted molar refractivity (Wildman–Crippen MR) is 56.8 cm³/mol. The van der Waals surface area contributed by atoms with Crippen LogP contribution in [-0.4, -0.2) is 28.2 Å². The van der Waals surface area contributed by atoms with E-state index in [9.17, 15) is 0 Å². The summed E-state index contributed by atoms with van der Waals surface area (Å²) in [7, 11) is 0. The van der Waals surface area contributed by atoms with Crippen molar-refractivity contribution in [2.75, 3.05) is 18.9 Å². The topological polar surface area (TPSA) is 75.2 Å². The number of nitrogens with two attached hydrogens (primary N) is 1. The van der Waals surface area contributed by atoms with Gasteiger partial charge in [0.25, 0.3) is 0 Å². The van der Waals surface area contributed by atoms with Gasteiger partial charge in [0, 0.05) is 6.07 Å². The van der Waals surface area contributed by atoms with Gasteiger partial charge in [0.1, 0.15) is 13.2 Å². The summed E-state index contributed by atoms with van der Waals surface area (Å²) in [6, 6.07) is 5.58. The van der Waals surface area contributed by atoms with Gasteiger partial charge in [0.2, 0.25) is 0 Å². The first-order chi connectivity index (χ1) is 7.83. The van der Waals surface area contributed by atoms with Gasteiger partial charge in [0.15, 0.2) is 17.3 Å². The highest BCUT2D eigenvalue weighted by Gasteiger charge is 2.12. The second kappa shape index (κ2) is 3.41. The summed E-state index contributed by atoms with van der Waals surface area (Å²) in [5.41, 5.74) is 6.34. The van der Waals surface area contributed by atoms with E-state index < -0.39 is 0 Å². The Labute approximate surface area is 91.6 Å². The minimum absolute atomic E-state index is 0.384. The van der Waals surface area contributed by atoms with Crippen LogP contribution in [0.2, 0.25) is 0 Å². The van der Waals surface area contributed by atoms with Crippen molar-refractivity contribution >= 4 is 5.82 Å². The van der Waals surface area contributed by atoms with Gasteiger partial charge in [0.05, 0.1) is 11.9 Å². The van der Waals surface area contributed by atoms with E-state index in [1.54, 1.807) is 10.9 Å². The van der Waals surface area contributed by atoms with Crippen LogP contribution >= 0.6 is 0 Å². The highest BCUT2D eigenvalue weighted by Crippen LogP contribution is 2.31. The van der Waals surface area contributed by atoms with E-state index >= 15 is 0 Å². The number of ether oxygens (including phenoxy) is 2. The molecule has 0 aliphatic carbocycles. The third kappa shape index (κ3) is 1.44. The van der Waals surface area contributed by atoms with Crippen LogP contribution in [0, 0.1) is 0 Å². The molecule has 0 radical (unpaired) electrons. The lowest BCUT2D eigenvalue weighted by atomic mass is 10.2. The summed E-state index contributed by atoms with van der Waals surface area (Å²) in [5.74, 6) is 1.86. The van der Waals surface area contributed by atoms with Crippen LogP contribution in [-0.2, 0) is 0 Å². The molecule has 82 valence electrons. The van der Waals surface area contributed by atoms with Gasteiger partial charge >= 0.3 is 0 Å². The summed E-state index contributed by atoms with van der Waals surface area (Å²) in [4.78, 5) is 0. The SMILES string of the molecule is Nc1cn(-c2ccc3c(c2)OCCO3)nn1. The van der Waals surface area contributed by atoms with Crippen LogP contribution in [0.25, 0.3) is 5.69 Å². The molecule has 1 aromatic heterocycles. The third-order valence-corrected chi connectivity index (χ3v) is 2.30. The zero-order valence-electron chi connectivity index (χ0n) is 8.46. The molecular formula is C10H10N4O2. The van der Waals surface area contributed by atoms with Crippen LogP contribution in [0.15, 0.2) is 24.4 Å². The normalized spacial score (nSPS) is 13.8. The zero-order chi connectivity index (χ0) is 11.0. The molecule has 6 nitrogen and oxygen atoms in total. The van der Waals surface area contributed by atoms with E-state index in [1.165, 1.54) is 0 Å². The van der Waals surface area contributed by atoms with Crippen molar-refractivity contribution in [3.63, 3.8) is 0 Å². The van der Waals surface area contributed by atoms with Crippen LogP contribution in [0.5, 0.6) is 11.5 Å². The maximum absolute atomic E-state index is 5.50. The average Bonchev–Trinajstić information content (AvgIpc) is 2.75. The second-order valence-electron chi connectivity index (χ2n) is 3.42. The van der Waals surface area contributed by atoms with Crippen molar-refractivity contribution < 1.29 is 9.47 Å². The van der Waals surface area contributed by atoms with Gasteiger partial charge in [-0.1, -0.05) is 5.21 Å². The van der Waals surface area contributed by atoms with Gasteiger partial charge in [-0.2, -0.15) is 0 Å². The molecule has 6 heteroatoms. The number of nitrogens with zero attached hydrogens (tertiary/aromatic N) is 3. The zero-order valence-corrected chi connectivity index (χ0v) is 8.46. The summed E-state index contributed by atoms with van der Waals surface area (Å²) in [6.07, 6.45) is 1.64. The highest BCUT2D eigenvalue weighted by molar-refractivity contribution is 5.49. The number of anilines is 1. The van der Waals surface area contributed by atoms with E-state index in [1.807, 2.05) is 18.2 Å². The predicted octanol–water partition coefficient (Wildman–Crippen LogP) is 0.621. The van der Waals surface area contributed by atoms with Gasteiger partial charge in [-0.15, -0.1) is 5.10 Å². The van der Waals surface area contributed by atoms with Crippen LogP contribution < -0.4 is 15.2 Å². The number of hydrogen-bond acceptors (Lipinski definition) is 5. The molecule has 0 saturated heterocycles. The van der Waals surface area contributed by atoms with Gasteiger partial charge < -0.3 is 15.2 Å². The average molecular weight is 218 g/mol. The fourth-order valence-corrected chi connectivity index (χ4v) is 1.58. The van der Waals surface area contributed by atoms with Gasteiger partial charge in [-0.05, 0) is 12.1 Å². The summed E-state index contributed by atoms with van der Waals surface area (Å²) >= 11 is 0. The molecule has 0 atom stereocenters. The molecule has 1 aliphatic rings. The van der Waals surface area contributed by atoms with E-state index in [0.717, 1.165) is 17.2 Å². The molecule has 2 N–H and O–H groups in total.